The lowest BCUT2D eigenvalue weighted by molar-refractivity contribution is -0.135. The Morgan fingerprint density at radius 2 is 1.11 bits per heavy atom. The van der Waals surface area contributed by atoms with Crippen molar-refractivity contribution >= 4 is 39.0 Å². The van der Waals surface area contributed by atoms with E-state index < -0.39 is 33.0 Å². The number of hydrogen-bond donors (Lipinski definition) is 0. The minimum absolute atomic E-state index is 0.0129. The smallest absolute Gasteiger partial charge is 0.293 e. The second-order valence-corrected chi connectivity index (χ2v) is 31.3. The summed E-state index contributed by atoms with van der Waals surface area (Å²) in [7, 11) is -5.71. The lowest BCUT2D eigenvalue weighted by Crippen LogP contribution is -2.59. The molecule has 0 N–H and O–H groups in total. The third-order valence-corrected chi connectivity index (χ3v) is 15.5. The molecule has 0 aromatic carbocycles. The van der Waals surface area contributed by atoms with E-state index in [1.54, 1.807) is 0 Å². The molecule has 8 heteroatoms. The third-order valence-electron chi connectivity index (χ3n) is 4.63. The molecule has 0 saturated heterocycles. The molecular weight excluding hydrogens is 401 g/mol. The average molecular weight is 449 g/mol. The van der Waals surface area contributed by atoms with Crippen LogP contribution in [0.2, 0.25) is 78.6 Å². The molecule has 0 bridgehead atoms. The molecule has 4 nitrogen and oxygen atoms in total. The topological polar surface area (TPSA) is 32.8 Å². The van der Waals surface area contributed by atoms with Gasteiger partial charge in [0.2, 0.25) is 8.32 Å². The summed E-state index contributed by atoms with van der Waals surface area (Å²) in [4.78, 5) is 12.1. The Bertz CT molecular complexity index is 446. The van der Waals surface area contributed by atoms with E-state index in [1.807, 2.05) is 0 Å². The van der Waals surface area contributed by atoms with Crippen molar-refractivity contribution in [2.75, 3.05) is 19.6 Å². The molecule has 162 valence electrons. The molecule has 0 spiro atoms. The van der Waals surface area contributed by atoms with Crippen molar-refractivity contribution < 1.29 is 9.22 Å². The second kappa shape index (κ2) is 10.3. The van der Waals surface area contributed by atoms with Crippen LogP contribution in [0.15, 0.2) is 0 Å². The normalized spacial score (nSPS) is 14.1. The fraction of sp³-hybridized carbons (Fsp3) is 0.947. The van der Waals surface area contributed by atoms with Crippen molar-refractivity contribution in [3.8, 4) is 0 Å². The molecule has 0 aliphatic heterocycles. The summed E-state index contributed by atoms with van der Waals surface area (Å²) in [5.41, 5.74) is 0. The average Bonchev–Trinajstić information content (AvgIpc) is 2.34. The van der Waals surface area contributed by atoms with E-state index in [0.29, 0.717) is 6.42 Å². The van der Waals surface area contributed by atoms with E-state index in [9.17, 15) is 4.79 Å². The summed E-state index contributed by atoms with van der Waals surface area (Å²) in [6.07, 6.45) is 3.01. The van der Waals surface area contributed by atoms with Crippen LogP contribution < -0.4 is 0 Å². The van der Waals surface area contributed by atoms with E-state index >= 15 is 0 Å². The van der Waals surface area contributed by atoms with Crippen LogP contribution in [0.1, 0.15) is 19.3 Å². The molecule has 0 fully saturated rings. The van der Waals surface area contributed by atoms with E-state index in [2.05, 4.69) is 87.4 Å². The van der Waals surface area contributed by atoms with Crippen molar-refractivity contribution in [3.05, 3.63) is 0 Å². The van der Waals surface area contributed by atoms with Crippen LogP contribution in [0.4, 0.5) is 0 Å². The third kappa shape index (κ3) is 12.4. The molecule has 0 saturated carbocycles. The second-order valence-electron chi connectivity index (χ2n) is 11.7. The monoisotopic (exact) mass is 448 g/mol. The Morgan fingerprint density at radius 3 is 1.48 bits per heavy atom. The van der Waals surface area contributed by atoms with Gasteiger partial charge in [0.15, 0.2) is 0 Å². The van der Waals surface area contributed by atoms with Crippen LogP contribution in [-0.4, -0.2) is 67.4 Å². The standard InChI is InChI=1S/C19H48N2O2Si4/c1-24(2,3)20(18-15-19(22)23-27(10,11)12)16-13-14-17-21(25(4,5)6)26(7,8)9/h13-18H2,1-12H3. The van der Waals surface area contributed by atoms with Gasteiger partial charge in [0.05, 0.1) is 6.42 Å². The summed E-state index contributed by atoms with van der Waals surface area (Å²) < 4.78 is 11.1. The minimum Gasteiger partial charge on any atom is -0.520 e. The van der Waals surface area contributed by atoms with Crippen molar-refractivity contribution in [1.82, 2.24) is 8.80 Å². The number of hydrogen-bond acceptors (Lipinski definition) is 4. The quantitative estimate of drug-likeness (QED) is 0.285. The summed E-state index contributed by atoms with van der Waals surface area (Å²) in [5, 5.41) is 0. The summed E-state index contributed by atoms with van der Waals surface area (Å²) in [6.45, 7) is 31.4. The fourth-order valence-electron chi connectivity index (χ4n) is 3.65. The molecule has 0 aromatic rings. The van der Waals surface area contributed by atoms with Gasteiger partial charge in [0.25, 0.3) is 5.97 Å². The summed E-state index contributed by atoms with van der Waals surface area (Å²) in [6, 6.07) is 0. The highest BCUT2D eigenvalue weighted by atomic mass is 28.4. The Kier molecular flexibility index (Phi) is 10.4. The lowest BCUT2D eigenvalue weighted by atomic mass is 10.3. The van der Waals surface area contributed by atoms with Crippen molar-refractivity contribution in [2.45, 2.75) is 97.8 Å². The minimum atomic E-state index is -1.77. The zero-order valence-electron chi connectivity index (χ0n) is 20.5. The lowest BCUT2D eigenvalue weighted by Gasteiger charge is -2.44. The first kappa shape index (κ1) is 27.3. The van der Waals surface area contributed by atoms with Gasteiger partial charge in [-0.15, -0.1) is 0 Å². The van der Waals surface area contributed by atoms with Gasteiger partial charge in [-0.25, -0.2) is 0 Å². The molecule has 0 unspecified atom stereocenters. The van der Waals surface area contributed by atoms with Gasteiger partial charge in [-0.1, -0.05) is 58.9 Å². The maximum Gasteiger partial charge on any atom is 0.293 e. The molecule has 0 heterocycles. The van der Waals surface area contributed by atoms with Crippen LogP contribution in [0.25, 0.3) is 0 Å². The predicted molar refractivity (Wildman–Crippen MR) is 132 cm³/mol. The van der Waals surface area contributed by atoms with Gasteiger partial charge in [-0.2, -0.15) is 0 Å². The van der Waals surface area contributed by atoms with E-state index in [1.165, 1.54) is 19.4 Å². The number of carbonyl (C=O) groups is 1. The summed E-state index contributed by atoms with van der Waals surface area (Å²) >= 11 is 0. The first-order chi connectivity index (χ1) is 11.8. The van der Waals surface area contributed by atoms with Gasteiger partial charge in [-0.05, 0) is 45.6 Å². The summed E-state index contributed by atoms with van der Waals surface area (Å²) in [5.74, 6) is -0.0129. The molecule has 0 atom stereocenters. The zero-order valence-corrected chi connectivity index (χ0v) is 24.5. The zero-order chi connectivity index (χ0) is 21.7. The predicted octanol–water partition coefficient (Wildman–Crippen LogP) is 5.64. The van der Waals surface area contributed by atoms with Gasteiger partial charge in [0, 0.05) is 6.54 Å². The maximum absolute atomic E-state index is 12.1. The maximum atomic E-state index is 12.1. The number of carbonyl (C=O) groups excluding carboxylic acids is 1. The molecule has 0 amide bonds. The largest absolute Gasteiger partial charge is 0.520 e. The number of nitrogens with zero attached hydrogens (tertiary/aromatic N) is 2. The Labute approximate surface area is 174 Å². The van der Waals surface area contributed by atoms with Crippen LogP contribution in [-0.2, 0) is 9.22 Å². The highest BCUT2D eigenvalue weighted by Gasteiger charge is 2.33. The fourth-order valence-corrected chi connectivity index (χ4v) is 15.8. The van der Waals surface area contributed by atoms with E-state index in [0.717, 1.165) is 13.1 Å². The Balaban J connectivity index is 4.63. The molecule has 0 radical (unpaired) electrons. The molecule has 0 aliphatic carbocycles. The van der Waals surface area contributed by atoms with Gasteiger partial charge < -0.3 is 13.2 Å². The number of unbranched alkanes of at least 4 members (excludes halogenated alkanes) is 1. The van der Waals surface area contributed by atoms with Crippen LogP contribution >= 0.6 is 0 Å². The van der Waals surface area contributed by atoms with Gasteiger partial charge in [0.1, 0.15) is 24.7 Å². The first-order valence-corrected chi connectivity index (χ1v) is 24.3. The first-order valence-electron chi connectivity index (χ1n) is 10.6. The van der Waals surface area contributed by atoms with E-state index in [4.69, 9.17) is 4.43 Å². The Hall–Kier alpha value is 0.258. The highest BCUT2D eigenvalue weighted by Crippen LogP contribution is 2.21. The van der Waals surface area contributed by atoms with Crippen LogP contribution in [0, 0.1) is 0 Å². The van der Waals surface area contributed by atoms with Crippen molar-refractivity contribution in [1.29, 1.82) is 0 Å². The molecule has 27 heavy (non-hydrogen) atoms. The Morgan fingerprint density at radius 1 is 0.667 bits per heavy atom. The van der Waals surface area contributed by atoms with E-state index in [-0.39, 0.29) is 5.97 Å². The van der Waals surface area contributed by atoms with Gasteiger partial charge >= 0.3 is 0 Å². The van der Waals surface area contributed by atoms with Crippen molar-refractivity contribution in [2.24, 2.45) is 0 Å². The number of rotatable bonds is 12. The molecular formula is C19H48N2O2Si4. The van der Waals surface area contributed by atoms with Crippen molar-refractivity contribution in [3.63, 3.8) is 0 Å². The van der Waals surface area contributed by atoms with Crippen LogP contribution in [0.5, 0.6) is 0 Å². The molecule has 0 rings (SSSR count). The molecule has 0 aromatic heterocycles. The van der Waals surface area contributed by atoms with Gasteiger partial charge in [-0.3, -0.25) is 4.79 Å². The SMILES string of the molecule is C[Si](C)(C)OC(=O)CCN(CCCCN([Si](C)(C)C)[Si](C)(C)C)[Si](C)(C)C. The van der Waals surface area contributed by atoms with Crippen LogP contribution in [0.3, 0.4) is 0 Å². The highest BCUT2D eigenvalue weighted by molar-refractivity contribution is 6.89. The molecule has 0 aliphatic rings.